The van der Waals surface area contributed by atoms with Gasteiger partial charge in [-0.1, -0.05) is 75.8 Å². The van der Waals surface area contributed by atoms with Gasteiger partial charge < -0.3 is 5.32 Å². The topological polar surface area (TPSA) is 15.3 Å². The van der Waals surface area contributed by atoms with E-state index in [1.54, 1.807) is 0 Å². The summed E-state index contributed by atoms with van der Waals surface area (Å²) in [5.74, 6) is 0. The summed E-state index contributed by atoms with van der Waals surface area (Å²) in [7, 11) is 0. The maximum Gasteiger partial charge on any atom is 0.0473 e. The maximum atomic E-state index is 3.55. The number of benzene rings is 1. The summed E-state index contributed by atoms with van der Waals surface area (Å²) < 4.78 is 0. The Labute approximate surface area is 130 Å². The number of piperazine rings is 1. The first-order valence-corrected chi connectivity index (χ1v) is 8.91. The third kappa shape index (κ3) is 5.80. The molecular formula is C19H32N2. The molecule has 0 amide bonds. The van der Waals surface area contributed by atoms with Crippen molar-refractivity contribution in [1.82, 2.24) is 10.2 Å². The molecule has 118 valence electrons. The first kappa shape index (κ1) is 16.5. The number of hydrogen-bond donors (Lipinski definition) is 1. The molecule has 0 aromatic heterocycles. The highest BCUT2D eigenvalue weighted by atomic mass is 15.2. The summed E-state index contributed by atoms with van der Waals surface area (Å²) in [6.07, 6.45) is 9.79. The van der Waals surface area contributed by atoms with E-state index in [2.05, 4.69) is 47.5 Å². The van der Waals surface area contributed by atoms with Crippen LogP contribution >= 0.6 is 0 Å². The van der Waals surface area contributed by atoms with Crippen LogP contribution in [0.2, 0.25) is 0 Å². The summed E-state index contributed by atoms with van der Waals surface area (Å²) in [6, 6.07) is 11.6. The number of nitrogens with zero attached hydrogens (tertiary/aromatic N) is 1. The fourth-order valence-corrected chi connectivity index (χ4v) is 3.29. The summed E-state index contributed by atoms with van der Waals surface area (Å²) in [5.41, 5.74) is 1.47. The van der Waals surface area contributed by atoms with Crippen molar-refractivity contribution in [2.75, 3.05) is 26.2 Å². The zero-order valence-corrected chi connectivity index (χ0v) is 13.7. The quantitative estimate of drug-likeness (QED) is 0.678. The Morgan fingerprint density at radius 1 is 1.00 bits per heavy atom. The molecule has 1 aliphatic rings. The molecule has 1 N–H and O–H groups in total. The predicted octanol–water partition coefficient (Wildman–Crippen LogP) is 4.38. The second-order valence-electron chi connectivity index (χ2n) is 6.29. The molecule has 1 fully saturated rings. The van der Waals surface area contributed by atoms with E-state index in [1.807, 2.05) is 0 Å². The van der Waals surface area contributed by atoms with E-state index in [9.17, 15) is 0 Å². The number of rotatable bonds is 9. The van der Waals surface area contributed by atoms with Gasteiger partial charge in [0, 0.05) is 25.7 Å². The van der Waals surface area contributed by atoms with Gasteiger partial charge in [0.2, 0.25) is 0 Å². The van der Waals surface area contributed by atoms with Crippen LogP contribution in [-0.4, -0.2) is 31.1 Å². The van der Waals surface area contributed by atoms with Crippen LogP contribution in [0.25, 0.3) is 0 Å². The van der Waals surface area contributed by atoms with Crippen LogP contribution in [0.3, 0.4) is 0 Å². The van der Waals surface area contributed by atoms with Crippen LogP contribution in [0.4, 0.5) is 0 Å². The van der Waals surface area contributed by atoms with Gasteiger partial charge in [-0.05, 0) is 18.5 Å². The van der Waals surface area contributed by atoms with Crippen molar-refractivity contribution in [2.24, 2.45) is 0 Å². The highest BCUT2D eigenvalue weighted by molar-refractivity contribution is 5.20. The summed E-state index contributed by atoms with van der Waals surface area (Å²) in [4.78, 5) is 2.68. The van der Waals surface area contributed by atoms with E-state index in [0.717, 1.165) is 13.1 Å². The van der Waals surface area contributed by atoms with Crippen LogP contribution in [-0.2, 0) is 0 Å². The molecule has 0 spiro atoms. The van der Waals surface area contributed by atoms with E-state index in [-0.39, 0.29) is 0 Å². The van der Waals surface area contributed by atoms with Gasteiger partial charge in [-0.2, -0.15) is 0 Å². The van der Waals surface area contributed by atoms with E-state index in [4.69, 9.17) is 0 Å². The first-order valence-electron chi connectivity index (χ1n) is 8.91. The normalized spacial score (nSPS) is 19.8. The summed E-state index contributed by atoms with van der Waals surface area (Å²) in [5, 5.41) is 3.55. The zero-order chi connectivity index (χ0) is 14.8. The minimum Gasteiger partial charge on any atom is -0.314 e. The highest BCUT2D eigenvalue weighted by Crippen LogP contribution is 2.22. The van der Waals surface area contributed by atoms with E-state index >= 15 is 0 Å². The molecule has 1 heterocycles. The predicted molar refractivity (Wildman–Crippen MR) is 91.6 cm³/mol. The lowest BCUT2D eigenvalue weighted by molar-refractivity contribution is 0.159. The minimum atomic E-state index is 0.569. The zero-order valence-electron chi connectivity index (χ0n) is 13.7. The van der Waals surface area contributed by atoms with Gasteiger partial charge in [0.1, 0.15) is 0 Å². The Hall–Kier alpha value is -0.860. The second-order valence-corrected chi connectivity index (χ2v) is 6.29. The van der Waals surface area contributed by atoms with Crippen LogP contribution in [0.15, 0.2) is 30.3 Å². The van der Waals surface area contributed by atoms with E-state index in [1.165, 1.54) is 63.6 Å². The van der Waals surface area contributed by atoms with Crippen molar-refractivity contribution in [1.29, 1.82) is 0 Å². The fourth-order valence-electron chi connectivity index (χ4n) is 3.29. The van der Waals surface area contributed by atoms with Crippen molar-refractivity contribution in [3.05, 3.63) is 35.9 Å². The van der Waals surface area contributed by atoms with Gasteiger partial charge in [0.05, 0.1) is 0 Å². The Morgan fingerprint density at radius 2 is 1.71 bits per heavy atom. The average molecular weight is 288 g/mol. The number of nitrogens with one attached hydrogen (secondary N) is 1. The van der Waals surface area contributed by atoms with Crippen molar-refractivity contribution in [3.8, 4) is 0 Å². The molecule has 0 radical (unpaired) electrons. The van der Waals surface area contributed by atoms with Crippen molar-refractivity contribution in [2.45, 2.75) is 57.9 Å². The molecule has 1 aromatic carbocycles. The Bertz CT molecular complexity index is 363. The molecule has 21 heavy (non-hydrogen) atoms. The maximum absolute atomic E-state index is 3.55. The number of unbranched alkanes of at least 4 members (excludes halogenated alkanes) is 6. The Balaban J connectivity index is 1.70. The lowest BCUT2D eigenvalue weighted by Crippen LogP contribution is -2.46. The van der Waals surface area contributed by atoms with Crippen LogP contribution < -0.4 is 5.32 Å². The smallest absolute Gasteiger partial charge is 0.0473 e. The summed E-state index contributed by atoms with van der Waals surface area (Å²) in [6.45, 7) is 6.97. The Morgan fingerprint density at radius 3 is 2.48 bits per heavy atom. The molecule has 1 saturated heterocycles. The first-order chi connectivity index (χ1) is 10.4. The molecule has 0 saturated carbocycles. The largest absolute Gasteiger partial charge is 0.314 e. The molecule has 1 atom stereocenters. The fraction of sp³-hybridized carbons (Fsp3) is 0.684. The van der Waals surface area contributed by atoms with Crippen molar-refractivity contribution < 1.29 is 0 Å². The van der Waals surface area contributed by atoms with Gasteiger partial charge in [-0.15, -0.1) is 0 Å². The highest BCUT2D eigenvalue weighted by Gasteiger charge is 2.22. The second kappa shape index (κ2) is 9.97. The van der Waals surface area contributed by atoms with E-state index < -0.39 is 0 Å². The molecule has 2 rings (SSSR count). The lowest BCUT2D eigenvalue weighted by atomic mass is 10.0. The van der Waals surface area contributed by atoms with Gasteiger partial charge in [-0.25, -0.2) is 0 Å². The average Bonchev–Trinajstić information content (AvgIpc) is 2.55. The minimum absolute atomic E-state index is 0.569. The molecule has 1 aliphatic heterocycles. The van der Waals surface area contributed by atoms with Crippen molar-refractivity contribution >= 4 is 0 Å². The summed E-state index contributed by atoms with van der Waals surface area (Å²) >= 11 is 0. The van der Waals surface area contributed by atoms with Gasteiger partial charge in [-0.3, -0.25) is 4.90 Å². The molecule has 0 bridgehead atoms. The third-order valence-corrected chi connectivity index (χ3v) is 4.59. The lowest BCUT2D eigenvalue weighted by Gasteiger charge is -2.36. The van der Waals surface area contributed by atoms with Gasteiger partial charge in [0.25, 0.3) is 0 Å². The monoisotopic (exact) mass is 288 g/mol. The van der Waals surface area contributed by atoms with Gasteiger partial charge in [0.15, 0.2) is 0 Å². The molecule has 1 unspecified atom stereocenters. The van der Waals surface area contributed by atoms with Crippen molar-refractivity contribution in [3.63, 3.8) is 0 Å². The SMILES string of the molecule is CCCCCCCCCN1CCNCC1c1ccccc1. The molecule has 1 aromatic rings. The molecule has 2 heteroatoms. The molecular weight excluding hydrogens is 256 g/mol. The standard InChI is InChI=1S/C19H32N2/c1-2-3-4-5-6-7-11-15-21-16-14-20-17-19(21)18-12-9-8-10-13-18/h8-10,12-13,19-20H,2-7,11,14-17H2,1H3. The molecule has 0 aliphatic carbocycles. The van der Waals surface area contributed by atoms with E-state index in [0.29, 0.717) is 6.04 Å². The van der Waals surface area contributed by atoms with Crippen LogP contribution in [0.5, 0.6) is 0 Å². The number of hydrogen-bond acceptors (Lipinski definition) is 2. The van der Waals surface area contributed by atoms with Crippen LogP contribution in [0.1, 0.15) is 63.5 Å². The Kier molecular flexibility index (Phi) is 7.83. The third-order valence-electron chi connectivity index (χ3n) is 4.59. The van der Waals surface area contributed by atoms with Gasteiger partial charge >= 0.3 is 0 Å². The molecule has 2 nitrogen and oxygen atoms in total. The van der Waals surface area contributed by atoms with Crippen LogP contribution in [0, 0.1) is 0 Å².